The van der Waals surface area contributed by atoms with Crippen molar-refractivity contribution in [2.24, 2.45) is 4.99 Å². The molecule has 10 heavy (non-hydrogen) atoms. The minimum Gasteiger partial charge on any atom is -0.386 e. The molecule has 1 rings (SSSR count). The van der Waals surface area contributed by atoms with Gasteiger partial charge in [-0.15, -0.1) is 0 Å². The predicted molar refractivity (Wildman–Crippen MR) is 42.1 cm³/mol. The van der Waals surface area contributed by atoms with Crippen LogP contribution in [-0.2, 0) is 0 Å². The molecule has 0 spiro atoms. The first kappa shape index (κ1) is 7.48. The Morgan fingerprint density at radius 3 is 2.60 bits per heavy atom. The maximum absolute atomic E-state index is 9.50. The maximum Gasteiger partial charge on any atom is 0.0818 e. The molecular weight excluding hydrogens is 126 g/mol. The Bertz CT molecular complexity index is 174. The predicted octanol–water partition coefficient (Wildman–Crippen LogP) is 1.51. The summed E-state index contributed by atoms with van der Waals surface area (Å²) in [5.74, 6) is 0. The van der Waals surface area contributed by atoms with Crippen LogP contribution in [0.15, 0.2) is 16.8 Å². The van der Waals surface area contributed by atoms with Crippen LogP contribution in [0.3, 0.4) is 0 Å². The van der Waals surface area contributed by atoms with Gasteiger partial charge in [-0.1, -0.05) is 0 Å². The van der Waals surface area contributed by atoms with E-state index in [1.165, 1.54) is 0 Å². The number of hydrogen-bond acceptors (Lipinski definition) is 2. The van der Waals surface area contributed by atoms with Crippen molar-refractivity contribution in [1.29, 1.82) is 0 Å². The molecule has 0 saturated carbocycles. The monoisotopic (exact) mass is 139 g/mol. The zero-order valence-electron chi connectivity index (χ0n) is 6.46. The van der Waals surface area contributed by atoms with E-state index >= 15 is 0 Å². The van der Waals surface area contributed by atoms with Crippen LogP contribution in [-0.4, -0.2) is 16.9 Å². The Balaban J connectivity index is 2.72. The van der Waals surface area contributed by atoms with Crippen molar-refractivity contribution in [1.82, 2.24) is 0 Å². The van der Waals surface area contributed by atoms with E-state index in [2.05, 4.69) is 4.99 Å². The first-order chi connectivity index (χ1) is 4.61. The molecular formula is C8H13NO. The van der Waals surface area contributed by atoms with E-state index in [1.807, 2.05) is 6.21 Å². The van der Waals surface area contributed by atoms with Crippen LogP contribution < -0.4 is 0 Å². The SMILES string of the molecule is CC(C)(O)C1=CN=CCC1. The van der Waals surface area contributed by atoms with Gasteiger partial charge >= 0.3 is 0 Å². The Morgan fingerprint density at radius 2 is 2.30 bits per heavy atom. The molecule has 0 bridgehead atoms. The molecule has 56 valence electrons. The minimum absolute atomic E-state index is 0.683. The van der Waals surface area contributed by atoms with Gasteiger partial charge in [0.05, 0.1) is 5.60 Å². The molecule has 0 aliphatic carbocycles. The lowest BCUT2D eigenvalue weighted by atomic mass is 9.94. The molecule has 0 unspecified atom stereocenters. The highest BCUT2D eigenvalue weighted by molar-refractivity contribution is 5.60. The molecule has 0 aromatic carbocycles. The average Bonchev–Trinajstić information content (AvgIpc) is 1.88. The number of rotatable bonds is 1. The summed E-state index contributed by atoms with van der Waals surface area (Å²) < 4.78 is 0. The van der Waals surface area contributed by atoms with Gasteiger partial charge in [0, 0.05) is 12.4 Å². The van der Waals surface area contributed by atoms with Crippen molar-refractivity contribution in [3.05, 3.63) is 11.8 Å². The van der Waals surface area contributed by atoms with Gasteiger partial charge in [-0.05, 0) is 32.3 Å². The first-order valence-electron chi connectivity index (χ1n) is 3.54. The molecule has 1 aliphatic heterocycles. The van der Waals surface area contributed by atoms with Crippen molar-refractivity contribution in [3.63, 3.8) is 0 Å². The fraction of sp³-hybridized carbons (Fsp3) is 0.625. The van der Waals surface area contributed by atoms with Crippen molar-refractivity contribution in [2.45, 2.75) is 32.3 Å². The fourth-order valence-corrected chi connectivity index (χ4v) is 0.966. The van der Waals surface area contributed by atoms with Crippen molar-refractivity contribution < 1.29 is 5.11 Å². The Hall–Kier alpha value is -0.630. The molecule has 1 aliphatic rings. The number of hydrogen-bond donors (Lipinski definition) is 1. The van der Waals surface area contributed by atoms with E-state index in [4.69, 9.17) is 0 Å². The van der Waals surface area contributed by atoms with E-state index in [-0.39, 0.29) is 0 Å². The van der Waals surface area contributed by atoms with Crippen LogP contribution in [0.5, 0.6) is 0 Å². The average molecular weight is 139 g/mol. The summed E-state index contributed by atoms with van der Waals surface area (Å²) in [4.78, 5) is 3.98. The summed E-state index contributed by atoms with van der Waals surface area (Å²) in [6, 6.07) is 0. The van der Waals surface area contributed by atoms with E-state index in [0.29, 0.717) is 0 Å². The Morgan fingerprint density at radius 1 is 1.60 bits per heavy atom. The fourth-order valence-electron chi connectivity index (χ4n) is 0.966. The molecule has 2 heteroatoms. The molecule has 0 aromatic rings. The molecule has 1 N–H and O–H groups in total. The van der Waals surface area contributed by atoms with Crippen molar-refractivity contribution >= 4 is 6.21 Å². The van der Waals surface area contributed by atoms with Gasteiger partial charge in [-0.3, -0.25) is 4.99 Å². The molecule has 0 atom stereocenters. The highest BCUT2D eigenvalue weighted by Crippen LogP contribution is 2.21. The Labute approximate surface area is 61.3 Å². The Kier molecular flexibility index (Phi) is 1.90. The smallest absolute Gasteiger partial charge is 0.0818 e. The lowest BCUT2D eigenvalue weighted by Gasteiger charge is -2.21. The van der Waals surface area contributed by atoms with E-state index in [0.717, 1.165) is 18.4 Å². The number of nitrogens with zero attached hydrogens (tertiary/aromatic N) is 1. The van der Waals surface area contributed by atoms with Crippen molar-refractivity contribution in [2.75, 3.05) is 0 Å². The van der Waals surface area contributed by atoms with Gasteiger partial charge in [-0.2, -0.15) is 0 Å². The van der Waals surface area contributed by atoms with Gasteiger partial charge in [-0.25, -0.2) is 0 Å². The van der Waals surface area contributed by atoms with E-state index in [9.17, 15) is 5.11 Å². The van der Waals surface area contributed by atoms with Gasteiger partial charge < -0.3 is 5.11 Å². The molecule has 0 saturated heterocycles. The van der Waals surface area contributed by atoms with E-state index < -0.39 is 5.60 Å². The minimum atomic E-state index is -0.683. The van der Waals surface area contributed by atoms with E-state index in [1.54, 1.807) is 20.0 Å². The second kappa shape index (κ2) is 2.54. The third kappa shape index (κ3) is 1.67. The van der Waals surface area contributed by atoms with Crippen LogP contribution in [0.1, 0.15) is 26.7 Å². The summed E-state index contributed by atoms with van der Waals surface area (Å²) in [6.07, 6.45) is 5.52. The van der Waals surface area contributed by atoms with Crippen molar-refractivity contribution in [3.8, 4) is 0 Å². The van der Waals surface area contributed by atoms with Crippen LogP contribution in [0.2, 0.25) is 0 Å². The zero-order valence-corrected chi connectivity index (χ0v) is 6.46. The summed E-state index contributed by atoms with van der Waals surface area (Å²) in [5, 5.41) is 9.50. The highest BCUT2D eigenvalue weighted by atomic mass is 16.3. The van der Waals surface area contributed by atoms with Gasteiger partial charge in [0.2, 0.25) is 0 Å². The summed E-state index contributed by atoms with van der Waals surface area (Å²) in [6.45, 7) is 3.58. The standard InChI is InChI=1S/C8H13NO/c1-8(2,10)7-4-3-5-9-6-7/h5-6,10H,3-4H2,1-2H3. The third-order valence-corrected chi connectivity index (χ3v) is 1.66. The van der Waals surface area contributed by atoms with Crippen LogP contribution in [0.25, 0.3) is 0 Å². The van der Waals surface area contributed by atoms with Crippen LogP contribution in [0, 0.1) is 0 Å². The first-order valence-corrected chi connectivity index (χ1v) is 3.54. The molecule has 2 nitrogen and oxygen atoms in total. The molecule has 0 aromatic heterocycles. The topological polar surface area (TPSA) is 32.6 Å². The highest BCUT2D eigenvalue weighted by Gasteiger charge is 2.19. The lowest BCUT2D eigenvalue weighted by molar-refractivity contribution is 0.115. The lowest BCUT2D eigenvalue weighted by Crippen LogP contribution is -2.22. The van der Waals surface area contributed by atoms with Gasteiger partial charge in [0.25, 0.3) is 0 Å². The quantitative estimate of drug-likeness (QED) is 0.586. The second-order valence-electron chi connectivity index (χ2n) is 3.08. The van der Waals surface area contributed by atoms with Gasteiger partial charge in [0.15, 0.2) is 0 Å². The van der Waals surface area contributed by atoms with Crippen LogP contribution >= 0.6 is 0 Å². The van der Waals surface area contributed by atoms with Crippen LogP contribution in [0.4, 0.5) is 0 Å². The molecule has 0 amide bonds. The normalized spacial score (nSPS) is 18.9. The van der Waals surface area contributed by atoms with Gasteiger partial charge in [0.1, 0.15) is 0 Å². The largest absolute Gasteiger partial charge is 0.386 e. The number of aliphatic hydroxyl groups is 1. The second-order valence-corrected chi connectivity index (χ2v) is 3.08. The molecule has 0 radical (unpaired) electrons. The maximum atomic E-state index is 9.50. The summed E-state index contributed by atoms with van der Waals surface area (Å²) in [5.41, 5.74) is 0.340. The zero-order chi connectivity index (χ0) is 7.61. The molecule has 0 fully saturated rings. The molecule has 1 heterocycles. The third-order valence-electron chi connectivity index (χ3n) is 1.66. The number of aliphatic imine (C=N–C) groups is 1. The summed E-state index contributed by atoms with van der Waals surface area (Å²) in [7, 11) is 0. The summed E-state index contributed by atoms with van der Waals surface area (Å²) >= 11 is 0.